The molecule has 0 unspecified atom stereocenters. The third kappa shape index (κ3) is 2.42. The summed E-state index contributed by atoms with van der Waals surface area (Å²) < 4.78 is 2.02. The second-order valence-electron chi connectivity index (χ2n) is 6.66. The Morgan fingerprint density at radius 2 is 2.00 bits per heavy atom. The van der Waals surface area contributed by atoms with Crippen LogP contribution in [0.2, 0.25) is 0 Å². The molecule has 6 heteroatoms. The van der Waals surface area contributed by atoms with Crippen molar-refractivity contribution in [3.05, 3.63) is 23.8 Å². The molecule has 0 spiro atoms. The number of hydrogen-bond acceptors (Lipinski definition) is 4. The molecule has 4 rings (SSSR count). The molecule has 0 aliphatic heterocycles. The van der Waals surface area contributed by atoms with Crippen LogP contribution in [-0.4, -0.2) is 25.7 Å². The van der Waals surface area contributed by atoms with Gasteiger partial charge in [-0.05, 0) is 25.3 Å². The summed E-state index contributed by atoms with van der Waals surface area (Å²) in [7, 11) is 1.97. The van der Waals surface area contributed by atoms with E-state index < -0.39 is 0 Å². The number of nitrogens with zero attached hydrogens (tertiary/aromatic N) is 4. The van der Waals surface area contributed by atoms with Crippen molar-refractivity contribution in [2.24, 2.45) is 13.0 Å². The number of aryl methyl sites for hydroxylation is 2. The molecule has 1 aliphatic rings. The molecular weight excluding hydrogens is 302 g/mol. The Morgan fingerprint density at radius 3 is 2.79 bits per heavy atom. The van der Waals surface area contributed by atoms with Crippen molar-refractivity contribution >= 4 is 33.9 Å². The summed E-state index contributed by atoms with van der Waals surface area (Å²) >= 11 is 0. The quantitative estimate of drug-likeness (QED) is 0.785. The monoisotopic (exact) mass is 323 g/mol. The molecule has 0 bridgehead atoms. The SMILES string of the molecule is Cc1cccc2c3nnc(NC(=O)C4CCCCC4)nc3n(C)c12. The lowest BCUT2D eigenvalue weighted by Gasteiger charge is -2.19. The molecular formula is C18H21N5O. The number of rotatable bonds is 2. The Balaban J connectivity index is 1.70. The van der Waals surface area contributed by atoms with E-state index in [4.69, 9.17) is 0 Å². The van der Waals surface area contributed by atoms with Gasteiger partial charge in [0.25, 0.3) is 5.95 Å². The van der Waals surface area contributed by atoms with E-state index in [1.54, 1.807) is 0 Å². The average molecular weight is 323 g/mol. The molecule has 0 radical (unpaired) electrons. The van der Waals surface area contributed by atoms with Gasteiger partial charge in [-0.2, -0.15) is 4.98 Å². The van der Waals surface area contributed by atoms with E-state index in [2.05, 4.69) is 33.5 Å². The van der Waals surface area contributed by atoms with Gasteiger partial charge >= 0.3 is 0 Å². The Kier molecular flexibility index (Phi) is 3.67. The van der Waals surface area contributed by atoms with E-state index in [1.807, 2.05) is 23.7 Å². The normalized spacial score (nSPS) is 15.9. The van der Waals surface area contributed by atoms with Crippen molar-refractivity contribution in [1.82, 2.24) is 19.7 Å². The number of hydrogen-bond donors (Lipinski definition) is 1. The summed E-state index contributed by atoms with van der Waals surface area (Å²) in [5.74, 6) is 0.389. The van der Waals surface area contributed by atoms with E-state index in [9.17, 15) is 4.79 Å². The lowest BCUT2D eigenvalue weighted by molar-refractivity contribution is -0.120. The Morgan fingerprint density at radius 1 is 1.21 bits per heavy atom. The summed E-state index contributed by atoms with van der Waals surface area (Å²) in [6.45, 7) is 2.07. The molecule has 0 saturated heterocycles. The fraction of sp³-hybridized carbons (Fsp3) is 0.444. The first-order chi connectivity index (χ1) is 11.6. The Bertz CT molecular complexity index is 924. The molecule has 1 saturated carbocycles. The molecule has 124 valence electrons. The zero-order chi connectivity index (χ0) is 16.7. The lowest BCUT2D eigenvalue weighted by atomic mass is 9.89. The van der Waals surface area contributed by atoms with Gasteiger partial charge in [0.15, 0.2) is 5.65 Å². The fourth-order valence-corrected chi connectivity index (χ4v) is 3.76. The van der Waals surface area contributed by atoms with E-state index >= 15 is 0 Å². The summed E-state index contributed by atoms with van der Waals surface area (Å²) in [5.41, 5.74) is 3.78. The third-order valence-electron chi connectivity index (χ3n) is 5.03. The van der Waals surface area contributed by atoms with Crippen LogP contribution in [-0.2, 0) is 11.8 Å². The van der Waals surface area contributed by atoms with Gasteiger partial charge in [-0.3, -0.25) is 10.1 Å². The molecule has 24 heavy (non-hydrogen) atoms. The standard InChI is InChI=1S/C18H21N5O/c1-11-7-6-10-13-14-16(23(2)15(11)13)19-18(22-21-14)20-17(24)12-8-4-3-5-9-12/h6-7,10,12H,3-5,8-9H2,1-2H3,(H,19,20,22,24). The summed E-state index contributed by atoms with van der Waals surface area (Å²) in [6, 6.07) is 6.11. The van der Waals surface area contributed by atoms with Gasteiger partial charge in [-0.15, -0.1) is 10.2 Å². The topological polar surface area (TPSA) is 72.7 Å². The molecule has 3 aromatic rings. The van der Waals surface area contributed by atoms with Gasteiger partial charge in [-0.1, -0.05) is 37.5 Å². The highest BCUT2D eigenvalue weighted by Gasteiger charge is 2.22. The van der Waals surface area contributed by atoms with Crippen LogP contribution in [0, 0.1) is 12.8 Å². The van der Waals surface area contributed by atoms with Crippen molar-refractivity contribution in [1.29, 1.82) is 0 Å². The van der Waals surface area contributed by atoms with E-state index in [0.717, 1.165) is 47.8 Å². The Labute approximate surface area is 140 Å². The van der Waals surface area contributed by atoms with Crippen LogP contribution in [0.25, 0.3) is 22.1 Å². The van der Waals surface area contributed by atoms with Crippen LogP contribution in [0.15, 0.2) is 18.2 Å². The zero-order valence-corrected chi connectivity index (χ0v) is 14.0. The summed E-state index contributed by atoms with van der Waals surface area (Å²) in [4.78, 5) is 16.9. The fourth-order valence-electron chi connectivity index (χ4n) is 3.76. The third-order valence-corrected chi connectivity index (χ3v) is 5.03. The lowest BCUT2D eigenvalue weighted by Crippen LogP contribution is -2.25. The Hall–Kier alpha value is -2.50. The van der Waals surface area contributed by atoms with Crippen LogP contribution in [0.3, 0.4) is 0 Å². The highest BCUT2D eigenvalue weighted by Crippen LogP contribution is 2.28. The predicted octanol–water partition coefficient (Wildman–Crippen LogP) is 3.34. The maximum absolute atomic E-state index is 12.4. The number of benzene rings is 1. The van der Waals surface area contributed by atoms with Gasteiger partial charge < -0.3 is 4.57 Å². The van der Waals surface area contributed by atoms with Gasteiger partial charge in [0.2, 0.25) is 5.91 Å². The van der Waals surface area contributed by atoms with E-state index in [0.29, 0.717) is 5.95 Å². The number of amides is 1. The highest BCUT2D eigenvalue weighted by atomic mass is 16.2. The number of anilines is 1. The molecule has 1 aliphatic carbocycles. The van der Waals surface area contributed by atoms with E-state index in [1.165, 1.54) is 12.0 Å². The smallest absolute Gasteiger partial charge is 0.251 e. The van der Waals surface area contributed by atoms with Crippen molar-refractivity contribution < 1.29 is 4.79 Å². The minimum atomic E-state index is 0.0193. The van der Waals surface area contributed by atoms with Crippen LogP contribution in [0.1, 0.15) is 37.7 Å². The first-order valence-electron chi connectivity index (χ1n) is 8.54. The predicted molar refractivity (Wildman–Crippen MR) is 93.8 cm³/mol. The molecule has 2 aromatic heterocycles. The second-order valence-corrected chi connectivity index (χ2v) is 6.66. The molecule has 0 atom stereocenters. The number of nitrogens with one attached hydrogen (secondary N) is 1. The van der Waals surface area contributed by atoms with Crippen molar-refractivity contribution in [2.75, 3.05) is 5.32 Å². The van der Waals surface area contributed by atoms with Crippen molar-refractivity contribution in [2.45, 2.75) is 39.0 Å². The molecule has 1 N–H and O–H groups in total. The summed E-state index contributed by atoms with van der Waals surface area (Å²) in [6.07, 6.45) is 5.38. The van der Waals surface area contributed by atoms with Gasteiger partial charge in [0.1, 0.15) is 5.52 Å². The molecule has 1 fully saturated rings. The van der Waals surface area contributed by atoms with Crippen molar-refractivity contribution in [3.8, 4) is 0 Å². The maximum atomic E-state index is 12.4. The summed E-state index contributed by atoms with van der Waals surface area (Å²) in [5, 5.41) is 12.3. The molecule has 1 amide bonds. The number of aromatic nitrogens is 4. The largest absolute Gasteiger partial charge is 0.327 e. The van der Waals surface area contributed by atoms with Gasteiger partial charge in [-0.25, -0.2) is 0 Å². The highest BCUT2D eigenvalue weighted by molar-refractivity contribution is 6.05. The van der Waals surface area contributed by atoms with E-state index in [-0.39, 0.29) is 11.8 Å². The number of carbonyl (C=O) groups excluding carboxylic acids is 1. The number of para-hydroxylation sites is 1. The minimum Gasteiger partial charge on any atom is -0.327 e. The minimum absolute atomic E-state index is 0.0193. The van der Waals surface area contributed by atoms with Crippen LogP contribution in [0.5, 0.6) is 0 Å². The first-order valence-corrected chi connectivity index (χ1v) is 8.54. The number of fused-ring (bicyclic) bond motifs is 3. The maximum Gasteiger partial charge on any atom is 0.251 e. The first kappa shape index (κ1) is 15.1. The van der Waals surface area contributed by atoms with Crippen molar-refractivity contribution in [3.63, 3.8) is 0 Å². The molecule has 2 heterocycles. The van der Waals surface area contributed by atoms with Gasteiger partial charge in [0, 0.05) is 18.4 Å². The van der Waals surface area contributed by atoms with Crippen LogP contribution in [0.4, 0.5) is 5.95 Å². The molecule has 6 nitrogen and oxygen atoms in total. The zero-order valence-electron chi connectivity index (χ0n) is 14.0. The number of carbonyl (C=O) groups is 1. The van der Waals surface area contributed by atoms with Crippen LogP contribution < -0.4 is 5.32 Å². The van der Waals surface area contributed by atoms with Gasteiger partial charge in [0.05, 0.1) is 5.52 Å². The second kappa shape index (κ2) is 5.85. The average Bonchev–Trinajstić information content (AvgIpc) is 2.89. The molecule has 1 aromatic carbocycles. The van der Waals surface area contributed by atoms with Crippen LogP contribution >= 0.6 is 0 Å².